The minimum Gasteiger partial charge on any atom is -0.465 e. The number of hydrogen-bond donors (Lipinski definition) is 1. The van der Waals surface area contributed by atoms with Gasteiger partial charge in [0.05, 0.1) is 12.8 Å². The lowest BCUT2D eigenvalue weighted by Crippen LogP contribution is -2.27. The number of thiophene rings is 1. The molecule has 2 rings (SSSR count). The van der Waals surface area contributed by atoms with Gasteiger partial charge in [-0.05, 0) is 54.9 Å². The summed E-state index contributed by atoms with van der Waals surface area (Å²) in [4.78, 5) is 24.0. The lowest BCUT2D eigenvalue weighted by Gasteiger charge is -2.20. The summed E-state index contributed by atoms with van der Waals surface area (Å²) < 4.78 is 11.6. The van der Waals surface area contributed by atoms with Crippen molar-refractivity contribution in [3.63, 3.8) is 0 Å². The molecule has 2 aromatic rings. The van der Waals surface area contributed by atoms with E-state index in [1.165, 1.54) is 18.4 Å². The second-order valence-electron chi connectivity index (χ2n) is 5.57. The number of carbonyl (C=O) groups excluding carboxylic acids is 2. The summed E-state index contributed by atoms with van der Waals surface area (Å²) in [5.41, 5.74) is 0.0112. The van der Waals surface area contributed by atoms with Crippen molar-refractivity contribution in [1.29, 1.82) is 0 Å². The minimum absolute atomic E-state index is 0.380. The van der Waals surface area contributed by atoms with Crippen molar-refractivity contribution in [2.24, 2.45) is 0 Å². The molecule has 118 valence electrons. The Morgan fingerprint density at radius 3 is 2.55 bits per heavy atom. The van der Waals surface area contributed by atoms with Crippen LogP contribution in [0.1, 0.15) is 30.4 Å². The number of anilines is 1. The number of rotatable bonds is 2. The van der Waals surface area contributed by atoms with Crippen LogP contribution in [-0.4, -0.2) is 24.8 Å². The highest BCUT2D eigenvalue weighted by Crippen LogP contribution is 2.36. The molecule has 1 heterocycles. The largest absolute Gasteiger partial charge is 0.465 e. The number of benzene rings is 1. The van der Waals surface area contributed by atoms with E-state index < -0.39 is 11.7 Å². The number of nitrogens with one attached hydrogen (secondary N) is 1. The van der Waals surface area contributed by atoms with Crippen LogP contribution in [0.15, 0.2) is 22.7 Å². The average Bonchev–Trinajstić information content (AvgIpc) is 2.84. The van der Waals surface area contributed by atoms with E-state index in [4.69, 9.17) is 9.47 Å². The van der Waals surface area contributed by atoms with Crippen LogP contribution in [0.2, 0.25) is 0 Å². The fourth-order valence-corrected chi connectivity index (χ4v) is 3.47. The molecule has 5 nitrogen and oxygen atoms in total. The summed E-state index contributed by atoms with van der Waals surface area (Å²) in [6, 6.07) is 5.33. The highest BCUT2D eigenvalue weighted by Gasteiger charge is 2.19. The van der Waals surface area contributed by atoms with Crippen LogP contribution in [0.25, 0.3) is 10.1 Å². The molecule has 7 heteroatoms. The molecule has 0 aliphatic carbocycles. The van der Waals surface area contributed by atoms with Gasteiger partial charge in [0.25, 0.3) is 0 Å². The molecule has 0 atom stereocenters. The standard InChI is InChI=1S/C15H16BrNO4S/c1-15(2,3)21-14(19)17-9-5-6-10-8(12(9)16)7-11(22-10)13(18)20-4/h5-7H,1-4H3,(H,17,19). The highest BCUT2D eigenvalue weighted by molar-refractivity contribution is 9.10. The summed E-state index contributed by atoms with van der Waals surface area (Å²) >= 11 is 4.79. The maximum atomic E-state index is 11.9. The lowest BCUT2D eigenvalue weighted by molar-refractivity contribution is 0.0603. The number of methoxy groups -OCH3 is 1. The van der Waals surface area contributed by atoms with Crippen molar-refractivity contribution in [3.8, 4) is 0 Å². The first-order valence-corrected chi connectivity index (χ1v) is 8.12. The second kappa shape index (κ2) is 6.26. The Balaban J connectivity index is 2.31. The number of esters is 1. The zero-order valence-electron chi connectivity index (χ0n) is 12.7. The van der Waals surface area contributed by atoms with Crippen LogP contribution in [0, 0.1) is 0 Å². The molecule has 0 bridgehead atoms. The van der Waals surface area contributed by atoms with Gasteiger partial charge in [0, 0.05) is 14.6 Å². The summed E-state index contributed by atoms with van der Waals surface area (Å²) in [5, 5.41) is 3.52. The van der Waals surface area contributed by atoms with Crippen LogP contribution < -0.4 is 5.32 Å². The molecule has 1 amide bonds. The molecule has 0 radical (unpaired) electrons. The topological polar surface area (TPSA) is 64.6 Å². The lowest BCUT2D eigenvalue weighted by atomic mass is 10.2. The number of amides is 1. The molecule has 1 aromatic heterocycles. The van der Waals surface area contributed by atoms with Crippen molar-refractivity contribution >= 4 is 55.1 Å². The van der Waals surface area contributed by atoms with Crippen LogP contribution in [-0.2, 0) is 9.47 Å². The molecule has 22 heavy (non-hydrogen) atoms. The third kappa shape index (κ3) is 3.78. The molecule has 0 unspecified atom stereocenters. The van der Waals surface area contributed by atoms with Crippen LogP contribution in [0.4, 0.5) is 10.5 Å². The Kier molecular flexibility index (Phi) is 4.77. The third-order valence-corrected chi connectivity index (χ3v) is 4.59. The molecular weight excluding hydrogens is 370 g/mol. The van der Waals surface area contributed by atoms with E-state index in [2.05, 4.69) is 21.2 Å². The maximum absolute atomic E-state index is 11.9. The minimum atomic E-state index is -0.568. The monoisotopic (exact) mass is 385 g/mol. The highest BCUT2D eigenvalue weighted by atomic mass is 79.9. The number of fused-ring (bicyclic) bond motifs is 1. The van der Waals surface area contributed by atoms with Gasteiger partial charge in [0.1, 0.15) is 10.5 Å². The summed E-state index contributed by atoms with van der Waals surface area (Å²) in [6.45, 7) is 5.39. The summed E-state index contributed by atoms with van der Waals surface area (Å²) in [5.74, 6) is -0.380. The van der Waals surface area contributed by atoms with E-state index in [-0.39, 0.29) is 5.97 Å². The Morgan fingerprint density at radius 2 is 1.95 bits per heavy atom. The van der Waals surface area contributed by atoms with Gasteiger partial charge in [-0.15, -0.1) is 11.3 Å². The van der Waals surface area contributed by atoms with Gasteiger partial charge < -0.3 is 9.47 Å². The van der Waals surface area contributed by atoms with Crippen molar-refractivity contribution in [3.05, 3.63) is 27.5 Å². The Morgan fingerprint density at radius 1 is 1.27 bits per heavy atom. The van der Waals surface area contributed by atoms with Gasteiger partial charge in [-0.1, -0.05) is 0 Å². The molecule has 0 spiro atoms. The molecule has 1 aromatic carbocycles. The van der Waals surface area contributed by atoms with E-state index in [0.717, 1.165) is 10.1 Å². The molecule has 0 fully saturated rings. The fourth-order valence-electron chi connectivity index (χ4n) is 1.79. The zero-order valence-corrected chi connectivity index (χ0v) is 15.1. The van der Waals surface area contributed by atoms with Gasteiger partial charge in [-0.2, -0.15) is 0 Å². The maximum Gasteiger partial charge on any atom is 0.412 e. The van der Waals surface area contributed by atoms with E-state index in [1.807, 2.05) is 6.07 Å². The quantitative estimate of drug-likeness (QED) is 0.754. The van der Waals surface area contributed by atoms with Gasteiger partial charge >= 0.3 is 12.1 Å². The predicted molar refractivity (Wildman–Crippen MR) is 90.7 cm³/mol. The van der Waals surface area contributed by atoms with E-state index >= 15 is 0 Å². The van der Waals surface area contributed by atoms with Crippen LogP contribution in [0.3, 0.4) is 0 Å². The van der Waals surface area contributed by atoms with Crippen molar-refractivity contribution in [2.45, 2.75) is 26.4 Å². The Bertz CT molecular complexity index is 733. The number of carbonyl (C=O) groups is 2. The van der Waals surface area contributed by atoms with Gasteiger partial charge in [0.15, 0.2) is 0 Å². The number of hydrogen-bond acceptors (Lipinski definition) is 5. The van der Waals surface area contributed by atoms with E-state index in [9.17, 15) is 9.59 Å². The van der Waals surface area contributed by atoms with Gasteiger partial charge in [-0.25, -0.2) is 9.59 Å². The van der Waals surface area contributed by atoms with Crippen molar-refractivity contribution < 1.29 is 19.1 Å². The average molecular weight is 386 g/mol. The molecule has 0 saturated carbocycles. The Labute approximate surface area is 140 Å². The normalized spacial score (nSPS) is 11.3. The molecule has 0 saturated heterocycles. The summed E-state index contributed by atoms with van der Waals surface area (Å²) in [7, 11) is 1.34. The molecular formula is C15H16BrNO4S. The van der Waals surface area contributed by atoms with Crippen molar-refractivity contribution in [1.82, 2.24) is 0 Å². The van der Waals surface area contributed by atoms with E-state index in [1.54, 1.807) is 32.9 Å². The second-order valence-corrected chi connectivity index (χ2v) is 7.44. The molecule has 0 aliphatic heterocycles. The smallest absolute Gasteiger partial charge is 0.412 e. The first-order chi connectivity index (χ1) is 10.2. The third-order valence-electron chi connectivity index (χ3n) is 2.66. The summed E-state index contributed by atoms with van der Waals surface area (Å²) in [6.07, 6.45) is -0.532. The van der Waals surface area contributed by atoms with Gasteiger partial charge in [-0.3, -0.25) is 5.32 Å². The van der Waals surface area contributed by atoms with Crippen LogP contribution >= 0.6 is 27.3 Å². The predicted octanol–water partition coefficient (Wildman–Crippen LogP) is 4.80. The van der Waals surface area contributed by atoms with Gasteiger partial charge in [0.2, 0.25) is 0 Å². The zero-order chi connectivity index (χ0) is 16.5. The molecule has 1 N–H and O–H groups in total. The first-order valence-electron chi connectivity index (χ1n) is 6.51. The molecule has 0 aliphatic rings. The van der Waals surface area contributed by atoms with Crippen molar-refractivity contribution in [2.75, 3.05) is 12.4 Å². The van der Waals surface area contributed by atoms with Crippen LogP contribution in [0.5, 0.6) is 0 Å². The van der Waals surface area contributed by atoms with E-state index in [0.29, 0.717) is 15.0 Å². The number of halogens is 1. The number of ether oxygens (including phenoxy) is 2. The first kappa shape index (κ1) is 16.8. The fraction of sp³-hybridized carbons (Fsp3) is 0.333. The SMILES string of the molecule is COC(=O)c1cc2c(Br)c(NC(=O)OC(C)(C)C)ccc2s1. The Hall–Kier alpha value is -1.60.